The van der Waals surface area contributed by atoms with Gasteiger partial charge in [0.05, 0.1) is 24.0 Å². The Bertz CT molecular complexity index is 864. The molecule has 1 N–H and O–H groups in total. The van der Waals surface area contributed by atoms with Crippen molar-refractivity contribution in [3.63, 3.8) is 0 Å². The molecule has 8 nitrogen and oxygen atoms in total. The molecule has 168 valence electrons. The van der Waals surface area contributed by atoms with Crippen LogP contribution in [0.15, 0.2) is 12.4 Å². The molecule has 4 fully saturated rings. The zero-order valence-electron chi connectivity index (χ0n) is 16.9. The molecule has 0 bridgehead atoms. The third-order valence-electron chi connectivity index (χ3n) is 6.85. The first-order chi connectivity index (χ1) is 14.7. The molecule has 1 aromatic heterocycles. The number of likely N-dealkylation sites (tertiary alicyclic amines) is 2. The highest BCUT2D eigenvalue weighted by atomic mass is 19.4. The molecule has 31 heavy (non-hydrogen) atoms. The van der Waals surface area contributed by atoms with Crippen molar-refractivity contribution < 1.29 is 27.5 Å². The lowest BCUT2D eigenvalue weighted by atomic mass is 9.57. The molecule has 3 amide bonds. The van der Waals surface area contributed by atoms with Gasteiger partial charge >= 0.3 is 12.2 Å². The maximum absolute atomic E-state index is 12.8. The van der Waals surface area contributed by atoms with Gasteiger partial charge in [-0.25, -0.2) is 9.78 Å². The molecule has 5 rings (SSSR count). The number of halogens is 3. The number of morpholine rings is 1. The monoisotopic (exact) mass is 439 g/mol. The van der Waals surface area contributed by atoms with Crippen molar-refractivity contribution in [3.05, 3.63) is 23.8 Å². The number of carbonyl (C=O) groups is 2. The Labute approximate surface area is 177 Å². The Hall–Kier alpha value is -2.43. The number of hydrogen-bond donors (Lipinski definition) is 1. The summed E-state index contributed by atoms with van der Waals surface area (Å²) in [5.74, 6) is 0.213. The minimum atomic E-state index is -4.47. The first-order valence-electron chi connectivity index (χ1n) is 10.5. The van der Waals surface area contributed by atoms with Gasteiger partial charge in [-0.1, -0.05) is 0 Å². The van der Waals surface area contributed by atoms with Crippen molar-refractivity contribution >= 4 is 11.9 Å². The Morgan fingerprint density at radius 2 is 2.00 bits per heavy atom. The summed E-state index contributed by atoms with van der Waals surface area (Å²) >= 11 is 0. The van der Waals surface area contributed by atoms with Gasteiger partial charge in [0.1, 0.15) is 6.61 Å². The lowest BCUT2D eigenvalue weighted by Gasteiger charge is -2.60. The van der Waals surface area contributed by atoms with Crippen LogP contribution in [0.1, 0.15) is 30.7 Å². The molecular formula is C20H24F3N5O3. The van der Waals surface area contributed by atoms with Gasteiger partial charge in [-0.15, -0.1) is 0 Å². The summed E-state index contributed by atoms with van der Waals surface area (Å²) in [7, 11) is 0. The van der Waals surface area contributed by atoms with E-state index in [0.29, 0.717) is 50.6 Å². The van der Waals surface area contributed by atoms with E-state index in [1.165, 1.54) is 6.20 Å². The van der Waals surface area contributed by atoms with Crippen LogP contribution < -0.4 is 5.32 Å². The van der Waals surface area contributed by atoms with Crippen LogP contribution in [-0.2, 0) is 22.1 Å². The van der Waals surface area contributed by atoms with Gasteiger partial charge in [-0.05, 0) is 31.6 Å². The fourth-order valence-corrected chi connectivity index (χ4v) is 5.44. The number of alkyl halides is 3. The number of piperidine rings is 1. The topological polar surface area (TPSA) is 87.7 Å². The lowest BCUT2D eigenvalue weighted by molar-refractivity contribution is -0.141. The molecule has 4 heterocycles. The van der Waals surface area contributed by atoms with E-state index < -0.39 is 11.9 Å². The smallest absolute Gasteiger partial charge is 0.366 e. The Kier molecular flexibility index (Phi) is 4.83. The second-order valence-electron chi connectivity index (χ2n) is 9.27. The number of ether oxygens (including phenoxy) is 1. The Balaban J connectivity index is 1.08. The molecule has 1 saturated carbocycles. The molecule has 0 aromatic carbocycles. The molecule has 11 heteroatoms. The quantitative estimate of drug-likeness (QED) is 0.754. The highest BCUT2D eigenvalue weighted by molar-refractivity contribution is 5.79. The van der Waals surface area contributed by atoms with Gasteiger partial charge in [0.15, 0.2) is 5.69 Å². The number of aromatic nitrogens is 2. The number of urea groups is 1. The summed E-state index contributed by atoms with van der Waals surface area (Å²) in [6.45, 7) is 2.58. The molecule has 3 aliphatic heterocycles. The van der Waals surface area contributed by atoms with Crippen molar-refractivity contribution in [3.8, 4) is 0 Å². The van der Waals surface area contributed by atoms with Gasteiger partial charge < -0.3 is 19.9 Å². The second-order valence-corrected chi connectivity index (χ2v) is 9.27. The largest absolute Gasteiger partial charge is 0.434 e. The number of rotatable bonds is 2. The van der Waals surface area contributed by atoms with Crippen LogP contribution in [0.4, 0.5) is 18.0 Å². The third kappa shape index (κ3) is 3.95. The summed E-state index contributed by atoms with van der Waals surface area (Å²) < 4.78 is 43.3. The summed E-state index contributed by atoms with van der Waals surface area (Å²) in [5, 5.41) is 2.91. The Morgan fingerprint density at radius 3 is 2.68 bits per heavy atom. The van der Waals surface area contributed by atoms with Gasteiger partial charge in [-0.2, -0.15) is 13.2 Å². The van der Waals surface area contributed by atoms with E-state index in [0.717, 1.165) is 19.0 Å². The van der Waals surface area contributed by atoms with Crippen LogP contribution in [0, 0.1) is 11.3 Å². The summed E-state index contributed by atoms with van der Waals surface area (Å²) in [6.07, 6.45) is 0.700. The fraction of sp³-hybridized carbons (Fsp3) is 0.700. The van der Waals surface area contributed by atoms with Crippen LogP contribution in [0.3, 0.4) is 0 Å². The third-order valence-corrected chi connectivity index (χ3v) is 6.85. The second kappa shape index (κ2) is 7.32. The minimum Gasteiger partial charge on any atom is -0.366 e. The fourth-order valence-electron chi connectivity index (χ4n) is 5.44. The first kappa shape index (κ1) is 20.5. The van der Waals surface area contributed by atoms with Crippen LogP contribution >= 0.6 is 0 Å². The molecule has 1 aliphatic carbocycles. The molecule has 0 unspecified atom stereocenters. The molecule has 2 atom stereocenters. The molecule has 3 saturated heterocycles. The maximum atomic E-state index is 12.8. The van der Waals surface area contributed by atoms with Crippen LogP contribution in [-0.4, -0.2) is 76.6 Å². The first-order valence-corrected chi connectivity index (χ1v) is 10.5. The highest BCUT2D eigenvalue weighted by Crippen LogP contribution is 2.53. The van der Waals surface area contributed by atoms with E-state index in [2.05, 4.69) is 15.3 Å². The van der Waals surface area contributed by atoms with E-state index in [1.807, 2.05) is 4.90 Å². The Morgan fingerprint density at radius 1 is 1.23 bits per heavy atom. The van der Waals surface area contributed by atoms with Gasteiger partial charge in [0, 0.05) is 37.8 Å². The zero-order chi connectivity index (χ0) is 21.8. The van der Waals surface area contributed by atoms with E-state index >= 15 is 0 Å². The molecule has 4 aliphatic rings. The van der Waals surface area contributed by atoms with E-state index in [-0.39, 0.29) is 36.1 Å². The standard InChI is InChI=1S/C20H24F3N5O3/c21-20(22,23)16-7-24-13(6-25-16)3-12-4-19(5-12)10-28(11-19)18(30)27-2-1-15-14(8-27)26-17(29)9-31-15/h6-7,12,14-15H,1-5,8-11H2,(H,26,29)/t14-,15+/m0/s1. The van der Waals surface area contributed by atoms with Crippen molar-refractivity contribution in [2.24, 2.45) is 11.3 Å². The van der Waals surface area contributed by atoms with E-state index in [9.17, 15) is 22.8 Å². The number of nitrogens with zero attached hydrogens (tertiary/aromatic N) is 4. The van der Waals surface area contributed by atoms with Crippen molar-refractivity contribution in [2.45, 2.75) is 44.0 Å². The number of carbonyl (C=O) groups excluding carboxylic acids is 2. The van der Waals surface area contributed by atoms with Crippen LogP contribution in [0.5, 0.6) is 0 Å². The normalized spacial score (nSPS) is 27.9. The molecule has 1 aromatic rings. The number of nitrogens with one attached hydrogen (secondary N) is 1. The summed E-state index contributed by atoms with van der Waals surface area (Å²) in [5.41, 5.74) is -0.280. The average Bonchev–Trinajstić information content (AvgIpc) is 2.67. The molecular weight excluding hydrogens is 415 g/mol. The lowest BCUT2D eigenvalue weighted by Crippen LogP contribution is -2.68. The number of fused-ring (bicyclic) bond motifs is 1. The van der Waals surface area contributed by atoms with Crippen molar-refractivity contribution in [1.29, 1.82) is 0 Å². The number of hydrogen-bond acceptors (Lipinski definition) is 5. The maximum Gasteiger partial charge on any atom is 0.434 e. The van der Waals surface area contributed by atoms with Gasteiger partial charge in [0.25, 0.3) is 0 Å². The number of amides is 3. The van der Waals surface area contributed by atoms with Crippen molar-refractivity contribution in [2.75, 3.05) is 32.8 Å². The van der Waals surface area contributed by atoms with Crippen LogP contribution in [0.2, 0.25) is 0 Å². The molecule has 0 radical (unpaired) electrons. The molecule has 1 spiro atoms. The average molecular weight is 439 g/mol. The van der Waals surface area contributed by atoms with E-state index in [4.69, 9.17) is 4.74 Å². The predicted octanol–water partition coefficient (Wildman–Crippen LogP) is 1.46. The summed E-state index contributed by atoms with van der Waals surface area (Å²) in [6, 6.07) is -0.145. The summed E-state index contributed by atoms with van der Waals surface area (Å²) in [4.78, 5) is 35.4. The van der Waals surface area contributed by atoms with E-state index in [1.54, 1.807) is 4.90 Å². The highest BCUT2D eigenvalue weighted by Gasteiger charge is 2.54. The van der Waals surface area contributed by atoms with Gasteiger partial charge in [-0.3, -0.25) is 9.78 Å². The van der Waals surface area contributed by atoms with Crippen molar-refractivity contribution in [1.82, 2.24) is 25.1 Å². The SMILES string of the molecule is O=C1CO[C@@H]2CCN(C(=O)N3CC4(CC(Cc5cnc(C(F)(F)F)cn5)C4)C3)C[C@@H]2N1. The van der Waals surface area contributed by atoms with Gasteiger partial charge in [0.2, 0.25) is 5.91 Å². The predicted molar refractivity (Wildman–Crippen MR) is 101 cm³/mol. The zero-order valence-corrected chi connectivity index (χ0v) is 16.9. The minimum absolute atomic E-state index is 0.000883. The van der Waals surface area contributed by atoms with Crippen LogP contribution in [0.25, 0.3) is 0 Å².